The SMILES string of the molecule is COc1ccc(CNCC[C@H](CCC(C)C)c2ccc(OC(C)C)cc2)cc1. The maximum Gasteiger partial charge on any atom is 0.119 e. The van der Waals surface area contributed by atoms with E-state index in [0.29, 0.717) is 5.92 Å². The Balaban J connectivity index is 1.88. The standard InChI is InChI=1S/C25H37NO2/c1-19(2)6-9-23(22-10-14-25(15-11-22)28-20(3)4)16-17-26-18-21-7-12-24(27-5)13-8-21/h7-8,10-15,19-20,23,26H,6,9,16-18H2,1-5H3/t23-/m0/s1. The summed E-state index contributed by atoms with van der Waals surface area (Å²) in [6.45, 7) is 10.6. The molecule has 1 N–H and O–H groups in total. The van der Waals surface area contributed by atoms with Crippen molar-refractivity contribution >= 4 is 0 Å². The van der Waals surface area contributed by atoms with Crippen LogP contribution in [-0.2, 0) is 6.54 Å². The molecule has 0 aliphatic carbocycles. The highest BCUT2D eigenvalue weighted by Crippen LogP contribution is 2.28. The van der Waals surface area contributed by atoms with Crippen LogP contribution in [0.3, 0.4) is 0 Å². The van der Waals surface area contributed by atoms with Gasteiger partial charge in [0, 0.05) is 6.54 Å². The predicted molar refractivity (Wildman–Crippen MR) is 118 cm³/mol. The van der Waals surface area contributed by atoms with Gasteiger partial charge in [-0.15, -0.1) is 0 Å². The van der Waals surface area contributed by atoms with E-state index in [1.165, 1.54) is 24.0 Å². The molecule has 0 fully saturated rings. The van der Waals surface area contributed by atoms with E-state index in [4.69, 9.17) is 9.47 Å². The summed E-state index contributed by atoms with van der Waals surface area (Å²) in [4.78, 5) is 0. The van der Waals surface area contributed by atoms with Crippen LogP contribution in [0.5, 0.6) is 11.5 Å². The second kappa shape index (κ2) is 11.8. The Morgan fingerprint density at radius 3 is 2.00 bits per heavy atom. The Labute approximate surface area is 171 Å². The number of hydrogen-bond donors (Lipinski definition) is 1. The van der Waals surface area contributed by atoms with E-state index in [1.54, 1.807) is 7.11 Å². The number of benzene rings is 2. The summed E-state index contributed by atoms with van der Waals surface area (Å²) in [5, 5.41) is 3.60. The normalized spacial score (nSPS) is 12.4. The van der Waals surface area contributed by atoms with Gasteiger partial charge >= 0.3 is 0 Å². The molecular formula is C25H37NO2. The molecule has 0 aromatic heterocycles. The van der Waals surface area contributed by atoms with Gasteiger partial charge in [-0.05, 0) is 80.5 Å². The van der Waals surface area contributed by atoms with E-state index >= 15 is 0 Å². The Hall–Kier alpha value is -2.00. The van der Waals surface area contributed by atoms with Crippen LogP contribution in [0.1, 0.15) is 64.0 Å². The van der Waals surface area contributed by atoms with Crippen molar-refractivity contribution in [2.24, 2.45) is 5.92 Å². The molecule has 0 radical (unpaired) electrons. The average molecular weight is 384 g/mol. The van der Waals surface area contributed by atoms with E-state index in [2.05, 4.69) is 69.4 Å². The number of ether oxygens (including phenoxy) is 2. The van der Waals surface area contributed by atoms with Crippen molar-refractivity contribution in [1.29, 1.82) is 0 Å². The molecule has 0 spiro atoms. The molecule has 0 saturated heterocycles. The highest BCUT2D eigenvalue weighted by Gasteiger charge is 2.13. The van der Waals surface area contributed by atoms with Crippen molar-refractivity contribution in [3.63, 3.8) is 0 Å². The summed E-state index contributed by atoms with van der Waals surface area (Å²) in [5.74, 6) is 3.18. The Bertz CT molecular complexity index is 662. The Morgan fingerprint density at radius 1 is 0.786 bits per heavy atom. The first-order valence-electron chi connectivity index (χ1n) is 10.6. The van der Waals surface area contributed by atoms with Crippen molar-refractivity contribution in [3.05, 3.63) is 59.7 Å². The molecule has 0 heterocycles. The van der Waals surface area contributed by atoms with Crippen LogP contribution in [0.15, 0.2) is 48.5 Å². The number of hydrogen-bond acceptors (Lipinski definition) is 3. The molecule has 154 valence electrons. The zero-order valence-corrected chi connectivity index (χ0v) is 18.2. The van der Waals surface area contributed by atoms with Crippen molar-refractivity contribution in [3.8, 4) is 11.5 Å². The highest BCUT2D eigenvalue weighted by atomic mass is 16.5. The van der Waals surface area contributed by atoms with E-state index in [1.807, 2.05) is 12.1 Å². The van der Waals surface area contributed by atoms with Crippen LogP contribution in [-0.4, -0.2) is 19.8 Å². The van der Waals surface area contributed by atoms with Crippen LogP contribution in [0.2, 0.25) is 0 Å². The van der Waals surface area contributed by atoms with Crippen molar-refractivity contribution < 1.29 is 9.47 Å². The summed E-state index contributed by atoms with van der Waals surface area (Å²) < 4.78 is 11.0. The fourth-order valence-corrected chi connectivity index (χ4v) is 3.36. The quantitative estimate of drug-likeness (QED) is 0.444. The minimum atomic E-state index is 0.213. The molecule has 0 aliphatic heterocycles. The third-order valence-corrected chi connectivity index (χ3v) is 4.97. The molecular weight excluding hydrogens is 346 g/mol. The fraction of sp³-hybridized carbons (Fsp3) is 0.520. The van der Waals surface area contributed by atoms with Gasteiger partial charge in [0.15, 0.2) is 0 Å². The van der Waals surface area contributed by atoms with Gasteiger partial charge in [0.1, 0.15) is 11.5 Å². The summed E-state index contributed by atoms with van der Waals surface area (Å²) in [6.07, 6.45) is 3.84. The van der Waals surface area contributed by atoms with Gasteiger partial charge in [0.25, 0.3) is 0 Å². The second-order valence-corrected chi connectivity index (χ2v) is 8.22. The minimum absolute atomic E-state index is 0.213. The lowest BCUT2D eigenvalue weighted by molar-refractivity contribution is 0.242. The molecule has 1 atom stereocenters. The van der Waals surface area contributed by atoms with Gasteiger partial charge in [0.2, 0.25) is 0 Å². The van der Waals surface area contributed by atoms with Crippen molar-refractivity contribution in [2.75, 3.05) is 13.7 Å². The molecule has 0 amide bonds. The summed E-state index contributed by atoms with van der Waals surface area (Å²) in [5.41, 5.74) is 2.71. The number of rotatable bonds is 12. The summed E-state index contributed by atoms with van der Waals surface area (Å²) >= 11 is 0. The zero-order chi connectivity index (χ0) is 20.4. The first-order valence-corrected chi connectivity index (χ1v) is 10.6. The van der Waals surface area contributed by atoms with Crippen molar-refractivity contribution in [1.82, 2.24) is 5.32 Å². The number of nitrogens with one attached hydrogen (secondary N) is 1. The molecule has 0 aliphatic rings. The van der Waals surface area contributed by atoms with Gasteiger partial charge in [-0.25, -0.2) is 0 Å². The predicted octanol–water partition coefficient (Wildman–Crippen LogP) is 6.18. The maximum absolute atomic E-state index is 5.79. The molecule has 0 unspecified atom stereocenters. The minimum Gasteiger partial charge on any atom is -0.497 e. The lowest BCUT2D eigenvalue weighted by Gasteiger charge is -2.20. The van der Waals surface area contributed by atoms with Crippen LogP contribution < -0.4 is 14.8 Å². The topological polar surface area (TPSA) is 30.5 Å². The largest absolute Gasteiger partial charge is 0.497 e. The maximum atomic E-state index is 5.79. The van der Waals surface area contributed by atoms with E-state index in [0.717, 1.165) is 36.9 Å². The van der Waals surface area contributed by atoms with Crippen molar-refractivity contribution in [2.45, 2.75) is 65.5 Å². The molecule has 0 bridgehead atoms. The molecule has 3 heteroatoms. The van der Waals surface area contributed by atoms with Gasteiger partial charge in [-0.3, -0.25) is 0 Å². The monoisotopic (exact) mass is 383 g/mol. The third kappa shape index (κ3) is 7.93. The van der Waals surface area contributed by atoms with Gasteiger partial charge in [0.05, 0.1) is 13.2 Å². The highest BCUT2D eigenvalue weighted by molar-refractivity contribution is 5.30. The molecule has 3 nitrogen and oxygen atoms in total. The van der Waals surface area contributed by atoms with Gasteiger partial charge in [-0.2, -0.15) is 0 Å². The Kier molecular flexibility index (Phi) is 9.36. The average Bonchev–Trinajstić information content (AvgIpc) is 2.68. The molecule has 2 aromatic carbocycles. The molecule has 0 saturated carbocycles. The zero-order valence-electron chi connectivity index (χ0n) is 18.2. The van der Waals surface area contributed by atoms with Crippen LogP contribution in [0.25, 0.3) is 0 Å². The number of methoxy groups -OCH3 is 1. The van der Waals surface area contributed by atoms with E-state index in [-0.39, 0.29) is 6.10 Å². The Morgan fingerprint density at radius 2 is 1.43 bits per heavy atom. The van der Waals surface area contributed by atoms with E-state index in [9.17, 15) is 0 Å². The third-order valence-electron chi connectivity index (χ3n) is 4.97. The van der Waals surface area contributed by atoms with Crippen LogP contribution in [0, 0.1) is 5.92 Å². The lowest BCUT2D eigenvalue weighted by Crippen LogP contribution is -2.17. The first-order chi connectivity index (χ1) is 13.5. The van der Waals surface area contributed by atoms with Gasteiger partial charge < -0.3 is 14.8 Å². The fourth-order valence-electron chi connectivity index (χ4n) is 3.36. The molecule has 2 aromatic rings. The second-order valence-electron chi connectivity index (χ2n) is 8.22. The molecule has 2 rings (SSSR count). The van der Waals surface area contributed by atoms with E-state index < -0.39 is 0 Å². The molecule has 28 heavy (non-hydrogen) atoms. The summed E-state index contributed by atoms with van der Waals surface area (Å²) in [7, 11) is 1.70. The lowest BCUT2D eigenvalue weighted by atomic mass is 9.88. The smallest absolute Gasteiger partial charge is 0.119 e. The van der Waals surface area contributed by atoms with Crippen LogP contribution >= 0.6 is 0 Å². The first kappa shape index (κ1) is 22.3. The summed E-state index contributed by atoms with van der Waals surface area (Å²) in [6, 6.07) is 17.0. The van der Waals surface area contributed by atoms with Gasteiger partial charge in [-0.1, -0.05) is 44.5 Å². The van der Waals surface area contributed by atoms with Crippen LogP contribution in [0.4, 0.5) is 0 Å².